The van der Waals surface area contributed by atoms with Gasteiger partial charge in [0, 0.05) is 17.8 Å². The highest BCUT2D eigenvalue weighted by Gasteiger charge is 2.13. The molecule has 108 valence electrons. The smallest absolute Gasteiger partial charge is 0.339 e. The average Bonchev–Trinajstić information content (AvgIpc) is 2.47. The van der Waals surface area contributed by atoms with Crippen LogP contribution in [0.1, 0.15) is 20.7 Å². The maximum absolute atomic E-state index is 11.3. The molecule has 1 aromatic carbocycles. The SMILES string of the molecule is COc1cc(Oc2cnccc2C(=O)O)cc(C(N)=O)c1. The number of carboxylic acid groups (broad SMARTS) is 1. The highest BCUT2D eigenvalue weighted by Crippen LogP contribution is 2.28. The lowest BCUT2D eigenvalue weighted by Gasteiger charge is -2.10. The number of primary amides is 1. The van der Waals surface area contributed by atoms with E-state index in [0.717, 1.165) is 0 Å². The molecule has 0 atom stereocenters. The van der Waals surface area contributed by atoms with Gasteiger partial charge in [0.15, 0.2) is 5.75 Å². The van der Waals surface area contributed by atoms with E-state index in [-0.39, 0.29) is 22.6 Å². The molecule has 0 bridgehead atoms. The Morgan fingerprint density at radius 1 is 1.24 bits per heavy atom. The first kappa shape index (κ1) is 14.3. The van der Waals surface area contributed by atoms with Gasteiger partial charge in [0.2, 0.25) is 5.91 Å². The van der Waals surface area contributed by atoms with E-state index in [4.69, 9.17) is 20.3 Å². The molecular formula is C14H12N2O5. The second-order valence-corrected chi connectivity index (χ2v) is 4.04. The van der Waals surface area contributed by atoms with Crippen LogP contribution in [0.4, 0.5) is 0 Å². The molecular weight excluding hydrogens is 276 g/mol. The first-order chi connectivity index (χ1) is 10.0. The van der Waals surface area contributed by atoms with Crippen LogP contribution in [-0.2, 0) is 0 Å². The van der Waals surface area contributed by atoms with Gasteiger partial charge in [-0.2, -0.15) is 0 Å². The molecule has 1 amide bonds. The van der Waals surface area contributed by atoms with Gasteiger partial charge in [0.1, 0.15) is 17.1 Å². The summed E-state index contributed by atoms with van der Waals surface area (Å²) in [4.78, 5) is 26.2. The summed E-state index contributed by atoms with van der Waals surface area (Å²) in [5.74, 6) is -1.16. The third-order valence-electron chi connectivity index (χ3n) is 2.64. The monoisotopic (exact) mass is 288 g/mol. The second kappa shape index (κ2) is 5.91. The third-order valence-corrected chi connectivity index (χ3v) is 2.64. The normalized spacial score (nSPS) is 9.95. The van der Waals surface area contributed by atoms with Crippen LogP contribution in [0.5, 0.6) is 17.2 Å². The zero-order valence-corrected chi connectivity index (χ0v) is 11.1. The number of aromatic nitrogens is 1. The summed E-state index contributed by atoms with van der Waals surface area (Å²) < 4.78 is 10.5. The quantitative estimate of drug-likeness (QED) is 0.865. The lowest BCUT2D eigenvalue weighted by molar-refractivity contribution is 0.0693. The van der Waals surface area contributed by atoms with Crippen molar-refractivity contribution < 1.29 is 24.2 Å². The van der Waals surface area contributed by atoms with Crippen LogP contribution in [0.3, 0.4) is 0 Å². The Balaban J connectivity index is 2.42. The number of rotatable bonds is 5. The summed E-state index contributed by atoms with van der Waals surface area (Å²) in [6.07, 6.45) is 2.61. The van der Waals surface area contributed by atoms with Crippen LogP contribution in [-0.4, -0.2) is 29.1 Å². The van der Waals surface area contributed by atoms with Gasteiger partial charge in [0.25, 0.3) is 0 Å². The van der Waals surface area contributed by atoms with Gasteiger partial charge in [-0.3, -0.25) is 9.78 Å². The Morgan fingerprint density at radius 3 is 2.57 bits per heavy atom. The van der Waals surface area contributed by atoms with Crippen molar-refractivity contribution in [3.8, 4) is 17.2 Å². The highest BCUT2D eigenvalue weighted by molar-refractivity contribution is 5.94. The van der Waals surface area contributed by atoms with Crippen LogP contribution in [0.15, 0.2) is 36.7 Å². The van der Waals surface area contributed by atoms with Gasteiger partial charge in [-0.1, -0.05) is 0 Å². The van der Waals surface area contributed by atoms with E-state index >= 15 is 0 Å². The highest BCUT2D eigenvalue weighted by atomic mass is 16.5. The molecule has 0 saturated heterocycles. The summed E-state index contributed by atoms with van der Waals surface area (Å²) in [5, 5.41) is 9.08. The van der Waals surface area contributed by atoms with E-state index in [0.29, 0.717) is 5.75 Å². The fraction of sp³-hybridized carbons (Fsp3) is 0.0714. The van der Waals surface area contributed by atoms with Crippen LogP contribution < -0.4 is 15.2 Å². The van der Waals surface area contributed by atoms with Gasteiger partial charge in [-0.05, 0) is 18.2 Å². The van der Waals surface area contributed by atoms with Crippen molar-refractivity contribution in [1.29, 1.82) is 0 Å². The molecule has 0 spiro atoms. The van der Waals surface area contributed by atoms with E-state index in [2.05, 4.69) is 4.98 Å². The van der Waals surface area contributed by atoms with E-state index in [9.17, 15) is 9.59 Å². The van der Waals surface area contributed by atoms with Gasteiger partial charge < -0.3 is 20.3 Å². The van der Waals surface area contributed by atoms with E-state index in [1.54, 1.807) is 0 Å². The second-order valence-electron chi connectivity index (χ2n) is 4.04. The molecule has 0 aliphatic heterocycles. The summed E-state index contributed by atoms with van der Waals surface area (Å²) in [5.41, 5.74) is 5.36. The Hall–Kier alpha value is -3.09. The average molecular weight is 288 g/mol. The minimum absolute atomic E-state index is 0.0477. The van der Waals surface area contributed by atoms with E-state index < -0.39 is 11.9 Å². The predicted octanol–water partition coefficient (Wildman–Crippen LogP) is 1.68. The lowest BCUT2D eigenvalue weighted by atomic mass is 10.2. The number of carbonyl (C=O) groups excluding carboxylic acids is 1. The molecule has 1 heterocycles. The summed E-state index contributed by atoms with van der Waals surface area (Å²) in [6, 6.07) is 5.66. The molecule has 0 aliphatic rings. The van der Waals surface area contributed by atoms with Gasteiger partial charge in [0.05, 0.1) is 13.3 Å². The third kappa shape index (κ3) is 3.27. The molecule has 3 N–H and O–H groups in total. The molecule has 7 nitrogen and oxygen atoms in total. The minimum Gasteiger partial charge on any atom is -0.497 e. The molecule has 0 aliphatic carbocycles. The number of methoxy groups -OCH3 is 1. The number of nitrogens with two attached hydrogens (primary N) is 1. The van der Waals surface area contributed by atoms with Crippen molar-refractivity contribution in [2.75, 3.05) is 7.11 Å². The maximum atomic E-state index is 11.3. The Bertz CT molecular complexity index is 700. The molecule has 7 heteroatoms. The van der Waals surface area contributed by atoms with Crippen LogP contribution in [0, 0.1) is 0 Å². The predicted molar refractivity (Wildman–Crippen MR) is 72.8 cm³/mol. The van der Waals surface area contributed by atoms with Crippen LogP contribution >= 0.6 is 0 Å². The number of carboxylic acids is 1. The van der Waals surface area contributed by atoms with Crippen molar-refractivity contribution in [3.63, 3.8) is 0 Å². The molecule has 0 radical (unpaired) electrons. The molecule has 0 fully saturated rings. The number of hydrogen-bond acceptors (Lipinski definition) is 5. The number of pyridine rings is 1. The van der Waals surface area contributed by atoms with Crippen molar-refractivity contribution in [2.45, 2.75) is 0 Å². The fourth-order valence-corrected chi connectivity index (χ4v) is 1.66. The van der Waals surface area contributed by atoms with Gasteiger partial charge in [-0.25, -0.2) is 4.79 Å². The number of aromatic carboxylic acids is 1. The molecule has 0 saturated carbocycles. The van der Waals surface area contributed by atoms with Crippen molar-refractivity contribution in [3.05, 3.63) is 47.8 Å². The van der Waals surface area contributed by atoms with E-state index in [1.807, 2.05) is 0 Å². The summed E-state index contributed by atoms with van der Waals surface area (Å²) in [6.45, 7) is 0. The number of benzene rings is 1. The number of ether oxygens (including phenoxy) is 2. The summed E-state index contributed by atoms with van der Waals surface area (Å²) >= 11 is 0. The number of amides is 1. The van der Waals surface area contributed by atoms with Gasteiger partial charge in [-0.15, -0.1) is 0 Å². The van der Waals surface area contributed by atoms with Crippen molar-refractivity contribution >= 4 is 11.9 Å². The molecule has 2 aromatic rings. The van der Waals surface area contributed by atoms with Crippen molar-refractivity contribution in [1.82, 2.24) is 4.98 Å². The minimum atomic E-state index is -1.15. The first-order valence-corrected chi connectivity index (χ1v) is 5.85. The fourth-order valence-electron chi connectivity index (χ4n) is 1.66. The Labute approximate surface area is 119 Å². The van der Waals surface area contributed by atoms with E-state index in [1.165, 1.54) is 43.8 Å². The molecule has 2 rings (SSSR count). The largest absolute Gasteiger partial charge is 0.497 e. The topological polar surface area (TPSA) is 112 Å². The van der Waals surface area contributed by atoms with Crippen LogP contribution in [0.25, 0.3) is 0 Å². The number of carbonyl (C=O) groups is 2. The Kier molecular flexibility index (Phi) is 4.03. The zero-order valence-electron chi connectivity index (χ0n) is 11.1. The molecule has 21 heavy (non-hydrogen) atoms. The zero-order chi connectivity index (χ0) is 15.4. The van der Waals surface area contributed by atoms with Crippen molar-refractivity contribution in [2.24, 2.45) is 5.73 Å². The number of nitrogens with zero attached hydrogens (tertiary/aromatic N) is 1. The molecule has 0 unspecified atom stereocenters. The maximum Gasteiger partial charge on any atom is 0.339 e. The number of hydrogen-bond donors (Lipinski definition) is 2. The van der Waals surface area contributed by atoms with Crippen LogP contribution in [0.2, 0.25) is 0 Å². The molecule has 1 aromatic heterocycles. The lowest BCUT2D eigenvalue weighted by Crippen LogP contribution is -2.11. The summed E-state index contributed by atoms with van der Waals surface area (Å²) in [7, 11) is 1.43. The standard InChI is InChI=1S/C14H12N2O5/c1-20-9-4-8(13(15)17)5-10(6-9)21-12-7-16-3-2-11(12)14(18)19/h2-7H,1H3,(H2,15,17)(H,18,19). The Morgan fingerprint density at radius 2 is 1.95 bits per heavy atom. The first-order valence-electron chi connectivity index (χ1n) is 5.85. The van der Waals surface area contributed by atoms with Gasteiger partial charge >= 0.3 is 5.97 Å².